The average molecular weight is 406 g/mol. The molecule has 10 heteroatoms. The van der Waals surface area contributed by atoms with E-state index in [9.17, 15) is 36.2 Å². The van der Waals surface area contributed by atoms with Gasteiger partial charge in [0.25, 0.3) is 5.60 Å². The average Bonchev–Trinajstić information content (AvgIpc) is 2.50. The first-order valence-electron chi connectivity index (χ1n) is 8.37. The highest BCUT2D eigenvalue weighted by Crippen LogP contribution is 2.45. The highest BCUT2D eigenvalue weighted by molar-refractivity contribution is 5.87. The van der Waals surface area contributed by atoms with Gasteiger partial charge in [0.2, 0.25) is 0 Å². The molecule has 1 rings (SSSR count). The molecule has 0 aromatic carbocycles. The van der Waals surface area contributed by atoms with Gasteiger partial charge in [-0.15, -0.1) is 0 Å². The van der Waals surface area contributed by atoms with Gasteiger partial charge in [0.15, 0.2) is 0 Å². The summed E-state index contributed by atoms with van der Waals surface area (Å²) < 4.78 is 86.6. The summed E-state index contributed by atoms with van der Waals surface area (Å²) in [6, 6.07) is 0. The van der Waals surface area contributed by atoms with Gasteiger partial charge in [-0.1, -0.05) is 6.58 Å². The van der Waals surface area contributed by atoms with Crippen LogP contribution in [0.1, 0.15) is 46.5 Å². The van der Waals surface area contributed by atoms with E-state index in [0.29, 0.717) is 25.7 Å². The third-order valence-corrected chi connectivity index (χ3v) is 4.87. The first-order valence-corrected chi connectivity index (χ1v) is 8.37. The second-order valence-electron chi connectivity index (χ2n) is 7.41. The van der Waals surface area contributed by atoms with Gasteiger partial charge >= 0.3 is 18.3 Å². The first-order chi connectivity index (χ1) is 12.0. The lowest BCUT2D eigenvalue weighted by atomic mass is 9.77. The van der Waals surface area contributed by atoms with Crippen LogP contribution in [0.25, 0.3) is 0 Å². The molecule has 4 nitrogen and oxygen atoms in total. The van der Waals surface area contributed by atoms with Crippen LogP contribution in [0, 0.1) is 5.92 Å². The topological polar surface area (TPSA) is 55.8 Å². The molecule has 0 heterocycles. The molecule has 0 saturated heterocycles. The van der Waals surface area contributed by atoms with Crippen LogP contribution in [0.3, 0.4) is 0 Å². The predicted octanol–water partition coefficient (Wildman–Crippen LogP) is 4.32. The van der Waals surface area contributed by atoms with Crippen molar-refractivity contribution in [1.29, 1.82) is 0 Å². The maximum atomic E-state index is 12.8. The SMILES string of the molecule is C=C(C)C(=O)OC1CCC(C(C)(C)OCC(O)(C(F)(F)F)C(F)(F)F)CC1. The van der Waals surface area contributed by atoms with Crippen LogP contribution >= 0.6 is 0 Å². The van der Waals surface area contributed by atoms with Crippen LogP contribution in [-0.4, -0.2) is 47.3 Å². The third kappa shape index (κ3) is 5.60. The second kappa shape index (κ2) is 7.98. The number of aliphatic hydroxyl groups is 1. The van der Waals surface area contributed by atoms with E-state index in [1.165, 1.54) is 20.8 Å². The number of hydrogen-bond acceptors (Lipinski definition) is 4. The molecule has 0 atom stereocenters. The molecule has 0 amide bonds. The number of ether oxygens (including phenoxy) is 2. The molecule has 1 N–H and O–H groups in total. The minimum atomic E-state index is -5.92. The number of carbonyl (C=O) groups is 1. The Morgan fingerprint density at radius 3 is 1.85 bits per heavy atom. The quantitative estimate of drug-likeness (QED) is 0.406. The van der Waals surface area contributed by atoms with Gasteiger partial charge in [-0.25, -0.2) is 4.79 Å². The molecule has 1 fully saturated rings. The second-order valence-corrected chi connectivity index (χ2v) is 7.41. The van der Waals surface area contributed by atoms with E-state index >= 15 is 0 Å². The van der Waals surface area contributed by atoms with E-state index in [1.807, 2.05) is 0 Å². The van der Waals surface area contributed by atoms with Gasteiger partial charge in [0.1, 0.15) is 6.10 Å². The van der Waals surface area contributed by atoms with E-state index in [1.54, 1.807) is 0 Å². The van der Waals surface area contributed by atoms with E-state index in [-0.39, 0.29) is 17.6 Å². The zero-order valence-corrected chi connectivity index (χ0v) is 15.3. The molecule has 0 aromatic heterocycles. The van der Waals surface area contributed by atoms with Crippen molar-refractivity contribution < 1.29 is 45.7 Å². The molecule has 27 heavy (non-hydrogen) atoms. The molecular weight excluding hydrogens is 382 g/mol. The Morgan fingerprint density at radius 2 is 1.48 bits per heavy atom. The van der Waals surface area contributed by atoms with Crippen molar-refractivity contribution in [2.24, 2.45) is 5.92 Å². The molecule has 0 bridgehead atoms. The van der Waals surface area contributed by atoms with Crippen LogP contribution in [0.4, 0.5) is 26.3 Å². The van der Waals surface area contributed by atoms with Crippen LogP contribution in [0.15, 0.2) is 12.2 Å². The van der Waals surface area contributed by atoms with Gasteiger partial charge in [-0.05, 0) is 52.4 Å². The third-order valence-electron chi connectivity index (χ3n) is 4.87. The number of rotatable bonds is 6. The lowest BCUT2D eigenvalue weighted by molar-refractivity contribution is -0.383. The fourth-order valence-electron chi connectivity index (χ4n) is 2.86. The zero-order chi connectivity index (χ0) is 21.3. The number of halogens is 6. The minimum absolute atomic E-state index is 0.236. The highest BCUT2D eigenvalue weighted by atomic mass is 19.4. The van der Waals surface area contributed by atoms with Crippen LogP contribution < -0.4 is 0 Å². The summed E-state index contributed by atoms with van der Waals surface area (Å²) >= 11 is 0. The first kappa shape index (κ1) is 23.7. The molecule has 0 aromatic rings. The Bertz CT molecular complexity index is 531. The molecule has 158 valence electrons. The van der Waals surface area contributed by atoms with Gasteiger partial charge in [-0.3, -0.25) is 0 Å². The maximum Gasteiger partial charge on any atom is 0.428 e. The highest BCUT2D eigenvalue weighted by Gasteiger charge is 2.71. The Morgan fingerprint density at radius 1 is 1.04 bits per heavy atom. The van der Waals surface area contributed by atoms with E-state index in [0.717, 1.165) is 0 Å². The monoisotopic (exact) mass is 406 g/mol. The fourth-order valence-corrected chi connectivity index (χ4v) is 2.86. The van der Waals surface area contributed by atoms with E-state index in [4.69, 9.17) is 9.47 Å². The van der Waals surface area contributed by atoms with Crippen molar-refractivity contribution in [2.45, 2.75) is 76.1 Å². The van der Waals surface area contributed by atoms with Crippen molar-refractivity contribution in [3.63, 3.8) is 0 Å². The molecule has 1 aliphatic carbocycles. The number of esters is 1. The van der Waals surface area contributed by atoms with Crippen LogP contribution in [0.2, 0.25) is 0 Å². The van der Waals surface area contributed by atoms with E-state index in [2.05, 4.69) is 6.58 Å². The Balaban J connectivity index is 2.71. The molecule has 0 aliphatic heterocycles. The normalized spacial score (nSPS) is 22.4. The predicted molar refractivity (Wildman–Crippen MR) is 83.7 cm³/mol. The summed E-state index contributed by atoms with van der Waals surface area (Å²) in [7, 11) is 0. The van der Waals surface area contributed by atoms with Crippen LogP contribution in [-0.2, 0) is 14.3 Å². The summed E-state index contributed by atoms with van der Waals surface area (Å²) in [5, 5.41) is 9.20. The van der Waals surface area contributed by atoms with Gasteiger partial charge < -0.3 is 14.6 Å². The standard InChI is InChI=1S/C17H24F6O4/c1-10(2)13(24)27-12-7-5-11(6-8-12)14(3,4)26-9-15(25,16(18,19)20)17(21,22)23/h11-12,25H,1,5-9H2,2-4H3. The van der Waals surface area contributed by atoms with Crippen molar-refractivity contribution in [3.8, 4) is 0 Å². The van der Waals surface area contributed by atoms with Gasteiger partial charge in [0, 0.05) is 5.57 Å². The fraction of sp³-hybridized carbons (Fsp3) is 0.824. The lowest BCUT2D eigenvalue weighted by Gasteiger charge is -2.41. The molecule has 0 unspecified atom stereocenters. The van der Waals surface area contributed by atoms with Crippen molar-refractivity contribution in [1.82, 2.24) is 0 Å². The van der Waals surface area contributed by atoms with Crippen molar-refractivity contribution in [2.75, 3.05) is 6.61 Å². The Kier molecular flexibility index (Phi) is 7.02. The molecule has 0 radical (unpaired) electrons. The number of carbonyl (C=O) groups excluding carboxylic acids is 1. The number of hydrogen-bond donors (Lipinski definition) is 1. The van der Waals surface area contributed by atoms with Gasteiger partial charge in [0.05, 0.1) is 12.2 Å². The van der Waals surface area contributed by atoms with Crippen LogP contribution in [0.5, 0.6) is 0 Å². The molecule has 0 spiro atoms. The Hall–Kier alpha value is -1.29. The van der Waals surface area contributed by atoms with E-state index < -0.39 is 36.1 Å². The zero-order valence-electron chi connectivity index (χ0n) is 15.3. The summed E-state index contributed by atoms with van der Waals surface area (Å²) in [5.74, 6) is -0.905. The maximum absolute atomic E-state index is 12.8. The Labute approximate surface area is 153 Å². The molecular formula is C17H24F6O4. The number of alkyl halides is 6. The molecule has 1 saturated carbocycles. The summed E-state index contributed by atoms with van der Waals surface area (Å²) in [5.41, 5.74) is -6.04. The minimum Gasteiger partial charge on any atom is -0.459 e. The smallest absolute Gasteiger partial charge is 0.428 e. The van der Waals surface area contributed by atoms with Crippen molar-refractivity contribution in [3.05, 3.63) is 12.2 Å². The summed E-state index contributed by atoms with van der Waals surface area (Å²) in [6.07, 6.45) is -10.7. The summed E-state index contributed by atoms with van der Waals surface area (Å²) in [6.45, 7) is 5.77. The largest absolute Gasteiger partial charge is 0.459 e. The van der Waals surface area contributed by atoms with Crippen molar-refractivity contribution >= 4 is 5.97 Å². The summed E-state index contributed by atoms with van der Waals surface area (Å²) in [4.78, 5) is 11.5. The lowest BCUT2D eigenvalue weighted by Crippen LogP contribution is -2.61. The van der Waals surface area contributed by atoms with Gasteiger partial charge in [-0.2, -0.15) is 26.3 Å². The molecule has 1 aliphatic rings.